The summed E-state index contributed by atoms with van der Waals surface area (Å²) in [5, 5.41) is 11.8. The molecule has 1 aliphatic heterocycles. The Bertz CT molecular complexity index is 1050. The van der Waals surface area contributed by atoms with Crippen molar-refractivity contribution in [3.63, 3.8) is 0 Å². The topological polar surface area (TPSA) is 85.3 Å². The molecule has 1 atom stereocenters. The highest BCUT2D eigenvalue weighted by Gasteiger charge is 2.36. The number of rotatable bonds is 7. The molecular weight excluding hydrogens is 454 g/mol. The summed E-state index contributed by atoms with van der Waals surface area (Å²) in [5.41, 5.74) is 0.669. The fraction of sp³-hybridized carbons (Fsp3) is 0.478. The highest BCUT2D eigenvalue weighted by atomic mass is 35.5. The van der Waals surface area contributed by atoms with E-state index >= 15 is 0 Å². The molecule has 0 bridgehead atoms. The summed E-state index contributed by atoms with van der Waals surface area (Å²) >= 11 is 6.21. The first-order valence-electron chi connectivity index (χ1n) is 10.4. The van der Waals surface area contributed by atoms with Crippen LogP contribution in [-0.2, 0) is 10.0 Å². The molecule has 1 N–H and O–H groups in total. The van der Waals surface area contributed by atoms with Crippen LogP contribution in [0.2, 0.25) is 5.02 Å². The number of hydrogen-bond acceptors (Lipinski definition) is 6. The SMILES string of the molecule is COc1ccc(OC)c(S(=O)(=O)N2CCCC(O)(COc3cc(C)c(Cl)c(C)c3)CC2)c1. The van der Waals surface area contributed by atoms with E-state index in [0.29, 0.717) is 35.9 Å². The van der Waals surface area contributed by atoms with Crippen LogP contribution in [0, 0.1) is 13.8 Å². The van der Waals surface area contributed by atoms with Crippen molar-refractivity contribution in [2.24, 2.45) is 0 Å². The molecule has 1 saturated heterocycles. The van der Waals surface area contributed by atoms with Crippen LogP contribution in [0.5, 0.6) is 17.2 Å². The van der Waals surface area contributed by atoms with Crippen molar-refractivity contribution in [3.05, 3.63) is 46.5 Å². The van der Waals surface area contributed by atoms with Crippen molar-refractivity contribution in [2.45, 2.75) is 43.6 Å². The highest BCUT2D eigenvalue weighted by molar-refractivity contribution is 7.89. The second-order valence-corrected chi connectivity index (χ2v) is 10.4. The molecule has 0 radical (unpaired) electrons. The highest BCUT2D eigenvalue weighted by Crippen LogP contribution is 2.33. The van der Waals surface area contributed by atoms with Crippen molar-refractivity contribution >= 4 is 21.6 Å². The van der Waals surface area contributed by atoms with Gasteiger partial charge in [-0.15, -0.1) is 0 Å². The zero-order chi connectivity index (χ0) is 23.5. The van der Waals surface area contributed by atoms with Crippen molar-refractivity contribution in [3.8, 4) is 17.2 Å². The standard InChI is InChI=1S/C23H30ClNO6S/c1-16-12-19(13-17(2)22(16)24)31-15-23(26)8-5-10-25(11-9-23)32(27,28)21-14-18(29-3)6-7-20(21)30-4/h6-7,12-14,26H,5,8-11,15H2,1-4H3. The van der Waals surface area contributed by atoms with E-state index in [2.05, 4.69) is 0 Å². The van der Waals surface area contributed by atoms with Gasteiger partial charge in [0.25, 0.3) is 0 Å². The van der Waals surface area contributed by atoms with E-state index in [1.165, 1.54) is 24.6 Å². The first-order valence-corrected chi connectivity index (χ1v) is 12.3. The van der Waals surface area contributed by atoms with Gasteiger partial charge < -0.3 is 19.3 Å². The summed E-state index contributed by atoms with van der Waals surface area (Å²) < 4.78 is 44.4. The van der Waals surface area contributed by atoms with Crippen molar-refractivity contribution in [1.29, 1.82) is 0 Å². The van der Waals surface area contributed by atoms with Gasteiger partial charge in [0.15, 0.2) is 0 Å². The molecule has 2 aromatic carbocycles. The molecule has 2 aromatic rings. The number of sulfonamides is 1. The van der Waals surface area contributed by atoms with Gasteiger partial charge >= 0.3 is 0 Å². The third-order valence-electron chi connectivity index (χ3n) is 5.78. The number of ether oxygens (including phenoxy) is 3. The molecule has 32 heavy (non-hydrogen) atoms. The molecule has 176 valence electrons. The minimum absolute atomic E-state index is 0.0492. The Hall–Kier alpha value is -2.00. The summed E-state index contributed by atoms with van der Waals surface area (Å²) in [6.45, 7) is 4.34. The molecule has 1 unspecified atom stereocenters. The molecule has 0 spiro atoms. The van der Waals surface area contributed by atoms with Gasteiger partial charge in [0.05, 0.1) is 19.8 Å². The Morgan fingerprint density at radius 3 is 2.34 bits per heavy atom. The third-order valence-corrected chi connectivity index (χ3v) is 8.30. The zero-order valence-corrected chi connectivity index (χ0v) is 20.4. The molecule has 0 aliphatic carbocycles. The van der Waals surface area contributed by atoms with Gasteiger partial charge in [-0.1, -0.05) is 11.6 Å². The van der Waals surface area contributed by atoms with Crippen LogP contribution in [0.1, 0.15) is 30.4 Å². The van der Waals surface area contributed by atoms with E-state index in [4.69, 9.17) is 25.8 Å². The van der Waals surface area contributed by atoms with Gasteiger partial charge in [0, 0.05) is 24.2 Å². The second-order valence-electron chi connectivity index (χ2n) is 8.16. The maximum Gasteiger partial charge on any atom is 0.246 e. The normalized spacial score (nSPS) is 19.9. The number of benzene rings is 2. The Morgan fingerprint density at radius 2 is 1.72 bits per heavy atom. The minimum atomic E-state index is -3.83. The quantitative estimate of drug-likeness (QED) is 0.641. The lowest BCUT2D eigenvalue weighted by molar-refractivity contribution is -0.0156. The van der Waals surface area contributed by atoms with Crippen LogP contribution >= 0.6 is 11.6 Å². The average molecular weight is 484 g/mol. The predicted octanol–water partition coefficient (Wildman–Crippen LogP) is 3.96. The van der Waals surface area contributed by atoms with E-state index in [9.17, 15) is 13.5 Å². The summed E-state index contributed by atoms with van der Waals surface area (Å²) in [7, 11) is -0.922. The Labute approximate surface area is 194 Å². The smallest absolute Gasteiger partial charge is 0.246 e. The van der Waals surface area contributed by atoms with Crippen LogP contribution in [0.3, 0.4) is 0 Å². The Balaban J connectivity index is 1.74. The van der Waals surface area contributed by atoms with Crippen LogP contribution in [0.15, 0.2) is 35.2 Å². The molecule has 7 nitrogen and oxygen atoms in total. The Kier molecular flexibility index (Phi) is 7.60. The summed E-state index contributed by atoms with van der Waals surface area (Å²) in [6, 6.07) is 8.35. The van der Waals surface area contributed by atoms with Crippen LogP contribution in [0.4, 0.5) is 0 Å². The average Bonchev–Trinajstić information content (AvgIpc) is 2.98. The van der Waals surface area contributed by atoms with Crippen LogP contribution in [0.25, 0.3) is 0 Å². The number of hydrogen-bond donors (Lipinski definition) is 1. The molecular formula is C23H30ClNO6S. The molecule has 1 fully saturated rings. The fourth-order valence-corrected chi connectivity index (χ4v) is 5.63. The maximum absolute atomic E-state index is 13.4. The summed E-state index contributed by atoms with van der Waals surface area (Å²) in [5.74, 6) is 1.31. The van der Waals surface area contributed by atoms with Gasteiger partial charge in [-0.3, -0.25) is 0 Å². The Morgan fingerprint density at radius 1 is 1.03 bits per heavy atom. The molecule has 1 aliphatic rings. The third kappa shape index (κ3) is 5.31. The molecule has 0 aromatic heterocycles. The number of aliphatic hydroxyl groups is 1. The van der Waals surface area contributed by atoms with Gasteiger partial charge in [-0.2, -0.15) is 4.31 Å². The van der Waals surface area contributed by atoms with Crippen LogP contribution in [-0.4, -0.2) is 57.3 Å². The van der Waals surface area contributed by atoms with Gasteiger partial charge in [0.1, 0.15) is 28.8 Å². The van der Waals surface area contributed by atoms with Gasteiger partial charge in [-0.05, 0) is 68.5 Å². The fourth-order valence-electron chi connectivity index (χ4n) is 3.87. The monoisotopic (exact) mass is 483 g/mol. The predicted molar refractivity (Wildman–Crippen MR) is 124 cm³/mol. The lowest BCUT2D eigenvalue weighted by atomic mass is 9.96. The number of halogens is 1. The summed E-state index contributed by atoms with van der Waals surface area (Å²) in [6.07, 6.45) is 1.19. The maximum atomic E-state index is 13.4. The van der Waals surface area contributed by atoms with Crippen LogP contribution < -0.4 is 14.2 Å². The molecule has 0 amide bonds. The van der Waals surface area contributed by atoms with E-state index in [1.54, 1.807) is 12.1 Å². The largest absolute Gasteiger partial charge is 0.497 e. The summed E-state index contributed by atoms with van der Waals surface area (Å²) in [4.78, 5) is 0.0492. The zero-order valence-electron chi connectivity index (χ0n) is 18.9. The van der Waals surface area contributed by atoms with E-state index < -0.39 is 15.6 Å². The van der Waals surface area contributed by atoms with E-state index in [0.717, 1.165) is 11.1 Å². The lowest BCUT2D eigenvalue weighted by Crippen LogP contribution is -2.38. The molecule has 1 heterocycles. The first-order chi connectivity index (χ1) is 15.1. The van der Waals surface area contributed by atoms with Gasteiger partial charge in [0.2, 0.25) is 10.0 Å². The van der Waals surface area contributed by atoms with Gasteiger partial charge in [-0.25, -0.2) is 8.42 Å². The number of aryl methyl sites for hydroxylation is 2. The van der Waals surface area contributed by atoms with E-state index in [1.807, 2.05) is 26.0 Å². The van der Waals surface area contributed by atoms with Crippen molar-refractivity contribution < 1.29 is 27.7 Å². The molecule has 9 heteroatoms. The minimum Gasteiger partial charge on any atom is -0.497 e. The van der Waals surface area contributed by atoms with Crippen molar-refractivity contribution in [1.82, 2.24) is 4.31 Å². The van der Waals surface area contributed by atoms with E-state index in [-0.39, 0.29) is 30.2 Å². The van der Waals surface area contributed by atoms with Crippen molar-refractivity contribution in [2.75, 3.05) is 33.9 Å². The molecule has 3 rings (SSSR count). The number of methoxy groups -OCH3 is 2. The molecule has 0 saturated carbocycles. The first kappa shape index (κ1) is 24.6. The second kappa shape index (κ2) is 9.87. The number of nitrogens with zero attached hydrogens (tertiary/aromatic N) is 1. The lowest BCUT2D eigenvalue weighted by Gasteiger charge is -2.27.